The molecule has 6 heteroatoms. The molecule has 1 unspecified atom stereocenters. The summed E-state index contributed by atoms with van der Waals surface area (Å²) in [6.45, 7) is 7.19. The Balaban J connectivity index is 2.16. The van der Waals surface area contributed by atoms with Crippen LogP contribution in [0.2, 0.25) is 0 Å². The second kappa shape index (κ2) is 5.20. The Hall–Kier alpha value is -1.85. The zero-order valence-corrected chi connectivity index (χ0v) is 11.4. The first-order valence-electron chi connectivity index (χ1n) is 6.26. The van der Waals surface area contributed by atoms with Crippen LogP contribution in [0.5, 0.6) is 0 Å². The van der Waals surface area contributed by atoms with Gasteiger partial charge in [-0.3, -0.25) is 0 Å². The molecule has 0 saturated carbocycles. The van der Waals surface area contributed by atoms with Gasteiger partial charge in [0.1, 0.15) is 6.33 Å². The minimum Gasteiger partial charge on any atom is -0.346 e. The molecule has 2 aromatic heterocycles. The van der Waals surface area contributed by atoms with Crippen molar-refractivity contribution in [1.29, 1.82) is 0 Å². The van der Waals surface area contributed by atoms with Crippen molar-refractivity contribution < 1.29 is 0 Å². The molecule has 1 N–H and O–H groups in total. The number of hydrogen-bond acceptors (Lipinski definition) is 4. The molecule has 0 aliphatic heterocycles. The maximum absolute atomic E-state index is 4.50. The highest BCUT2D eigenvalue weighted by atomic mass is 15.3. The van der Waals surface area contributed by atoms with Crippen molar-refractivity contribution in [3.05, 3.63) is 24.0 Å². The van der Waals surface area contributed by atoms with E-state index in [2.05, 4.69) is 45.1 Å². The van der Waals surface area contributed by atoms with Crippen LogP contribution in [-0.2, 0) is 13.6 Å². The van der Waals surface area contributed by atoms with Crippen molar-refractivity contribution in [3.8, 4) is 0 Å². The summed E-state index contributed by atoms with van der Waals surface area (Å²) >= 11 is 0. The molecule has 98 valence electrons. The van der Waals surface area contributed by atoms with E-state index in [4.69, 9.17) is 0 Å². The van der Waals surface area contributed by atoms with Crippen LogP contribution in [0.25, 0.3) is 0 Å². The Morgan fingerprint density at radius 3 is 2.83 bits per heavy atom. The van der Waals surface area contributed by atoms with Crippen molar-refractivity contribution >= 4 is 5.95 Å². The van der Waals surface area contributed by atoms with Gasteiger partial charge < -0.3 is 14.5 Å². The SMILES string of the molecule is CCCn1cc(C)nc1NC(C)c1nncn1C. The second-order valence-corrected chi connectivity index (χ2v) is 4.57. The number of aryl methyl sites for hydroxylation is 3. The molecule has 0 radical (unpaired) electrons. The van der Waals surface area contributed by atoms with Crippen LogP contribution >= 0.6 is 0 Å². The number of aromatic nitrogens is 5. The Bertz CT molecular complexity index is 512. The quantitative estimate of drug-likeness (QED) is 0.878. The standard InChI is InChI=1S/C12H20N6/c1-5-6-18-7-9(2)14-12(18)15-10(3)11-16-13-8-17(11)4/h7-8,10H,5-6H2,1-4H3,(H,14,15). The number of hydrogen-bond donors (Lipinski definition) is 1. The fourth-order valence-electron chi connectivity index (χ4n) is 2.02. The summed E-state index contributed by atoms with van der Waals surface area (Å²) in [5.74, 6) is 1.79. The molecule has 0 bridgehead atoms. The van der Waals surface area contributed by atoms with Crippen LogP contribution < -0.4 is 5.32 Å². The minimum absolute atomic E-state index is 0.0786. The van der Waals surface area contributed by atoms with E-state index >= 15 is 0 Å². The van der Waals surface area contributed by atoms with E-state index in [9.17, 15) is 0 Å². The second-order valence-electron chi connectivity index (χ2n) is 4.57. The molecule has 0 spiro atoms. The average Bonchev–Trinajstić information content (AvgIpc) is 2.86. The molecular weight excluding hydrogens is 228 g/mol. The highest BCUT2D eigenvalue weighted by Gasteiger charge is 2.14. The molecule has 0 saturated heterocycles. The lowest BCUT2D eigenvalue weighted by Gasteiger charge is -2.14. The normalized spacial score (nSPS) is 12.7. The maximum Gasteiger partial charge on any atom is 0.203 e. The first-order chi connectivity index (χ1) is 8.61. The lowest BCUT2D eigenvalue weighted by atomic mass is 10.3. The van der Waals surface area contributed by atoms with Crippen LogP contribution in [0, 0.1) is 6.92 Å². The van der Waals surface area contributed by atoms with Gasteiger partial charge in [-0.25, -0.2) is 4.98 Å². The van der Waals surface area contributed by atoms with Crippen molar-refractivity contribution in [2.24, 2.45) is 7.05 Å². The third kappa shape index (κ3) is 2.52. The van der Waals surface area contributed by atoms with Gasteiger partial charge in [0.25, 0.3) is 0 Å². The van der Waals surface area contributed by atoms with Crippen LogP contribution in [-0.4, -0.2) is 24.3 Å². The van der Waals surface area contributed by atoms with Gasteiger partial charge in [0.15, 0.2) is 5.82 Å². The molecular formula is C12H20N6. The number of rotatable bonds is 5. The predicted molar refractivity (Wildman–Crippen MR) is 70.3 cm³/mol. The zero-order chi connectivity index (χ0) is 13.1. The summed E-state index contributed by atoms with van der Waals surface area (Å²) in [5, 5.41) is 11.4. The third-order valence-electron chi connectivity index (χ3n) is 2.84. The molecule has 0 amide bonds. The molecule has 2 aromatic rings. The average molecular weight is 248 g/mol. The minimum atomic E-state index is 0.0786. The number of nitrogens with one attached hydrogen (secondary N) is 1. The van der Waals surface area contributed by atoms with Gasteiger partial charge >= 0.3 is 0 Å². The van der Waals surface area contributed by atoms with Gasteiger partial charge in [0, 0.05) is 19.8 Å². The van der Waals surface area contributed by atoms with Gasteiger partial charge in [0.05, 0.1) is 11.7 Å². The summed E-state index contributed by atoms with van der Waals surface area (Å²) in [6.07, 6.45) is 4.86. The van der Waals surface area contributed by atoms with Crippen molar-refractivity contribution in [1.82, 2.24) is 24.3 Å². The van der Waals surface area contributed by atoms with E-state index in [1.807, 2.05) is 18.5 Å². The van der Waals surface area contributed by atoms with Crippen LogP contribution in [0.15, 0.2) is 12.5 Å². The van der Waals surface area contributed by atoms with E-state index in [0.29, 0.717) is 0 Å². The summed E-state index contributed by atoms with van der Waals surface area (Å²) < 4.78 is 4.06. The van der Waals surface area contributed by atoms with Crippen LogP contribution in [0.3, 0.4) is 0 Å². The third-order valence-corrected chi connectivity index (χ3v) is 2.84. The van der Waals surface area contributed by atoms with E-state index in [0.717, 1.165) is 30.4 Å². The molecule has 2 rings (SSSR count). The topological polar surface area (TPSA) is 60.6 Å². The predicted octanol–water partition coefficient (Wildman–Crippen LogP) is 1.90. The van der Waals surface area contributed by atoms with Crippen molar-refractivity contribution in [2.45, 2.75) is 39.8 Å². The van der Waals surface area contributed by atoms with E-state index in [-0.39, 0.29) is 6.04 Å². The molecule has 1 atom stereocenters. The monoisotopic (exact) mass is 248 g/mol. The first-order valence-corrected chi connectivity index (χ1v) is 6.26. The zero-order valence-electron chi connectivity index (χ0n) is 11.4. The van der Waals surface area contributed by atoms with Crippen LogP contribution in [0.4, 0.5) is 5.95 Å². The Labute approximate surface area is 107 Å². The fourth-order valence-corrected chi connectivity index (χ4v) is 2.02. The Kier molecular flexibility index (Phi) is 3.64. The summed E-state index contributed by atoms with van der Waals surface area (Å²) in [7, 11) is 1.94. The highest BCUT2D eigenvalue weighted by molar-refractivity contribution is 5.31. The Morgan fingerprint density at radius 2 is 2.22 bits per heavy atom. The maximum atomic E-state index is 4.50. The van der Waals surface area contributed by atoms with Gasteiger partial charge in [-0.05, 0) is 20.3 Å². The summed E-state index contributed by atoms with van der Waals surface area (Å²) in [6, 6.07) is 0.0786. The summed E-state index contributed by atoms with van der Waals surface area (Å²) in [5.41, 5.74) is 1.02. The van der Waals surface area contributed by atoms with Crippen LogP contribution in [0.1, 0.15) is 37.8 Å². The van der Waals surface area contributed by atoms with E-state index in [1.54, 1.807) is 6.33 Å². The molecule has 2 heterocycles. The first kappa shape index (κ1) is 12.6. The highest BCUT2D eigenvalue weighted by Crippen LogP contribution is 2.17. The van der Waals surface area contributed by atoms with E-state index in [1.165, 1.54) is 0 Å². The molecule has 0 aromatic carbocycles. The molecule has 0 fully saturated rings. The fraction of sp³-hybridized carbons (Fsp3) is 0.583. The van der Waals surface area contributed by atoms with Gasteiger partial charge in [-0.2, -0.15) is 0 Å². The Morgan fingerprint density at radius 1 is 1.44 bits per heavy atom. The van der Waals surface area contributed by atoms with Gasteiger partial charge in [-0.15, -0.1) is 10.2 Å². The van der Waals surface area contributed by atoms with Crippen molar-refractivity contribution in [2.75, 3.05) is 5.32 Å². The molecule has 0 aliphatic carbocycles. The number of nitrogens with zero attached hydrogens (tertiary/aromatic N) is 5. The van der Waals surface area contributed by atoms with Gasteiger partial charge in [0.2, 0.25) is 5.95 Å². The van der Waals surface area contributed by atoms with Gasteiger partial charge in [-0.1, -0.05) is 6.92 Å². The lowest BCUT2D eigenvalue weighted by molar-refractivity contribution is 0.659. The number of imidazole rings is 1. The number of anilines is 1. The summed E-state index contributed by atoms with van der Waals surface area (Å²) in [4.78, 5) is 4.50. The molecule has 18 heavy (non-hydrogen) atoms. The smallest absolute Gasteiger partial charge is 0.203 e. The molecule has 6 nitrogen and oxygen atoms in total. The lowest BCUT2D eigenvalue weighted by Crippen LogP contribution is -2.15. The van der Waals surface area contributed by atoms with E-state index < -0.39 is 0 Å². The largest absolute Gasteiger partial charge is 0.346 e. The molecule has 0 aliphatic rings. The van der Waals surface area contributed by atoms with Crippen molar-refractivity contribution in [3.63, 3.8) is 0 Å².